The summed E-state index contributed by atoms with van der Waals surface area (Å²) in [5, 5.41) is 11.7. The van der Waals surface area contributed by atoms with Crippen LogP contribution in [-0.4, -0.2) is 34.9 Å². The van der Waals surface area contributed by atoms with Crippen molar-refractivity contribution in [2.45, 2.75) is 52.9 Å². The zero-order chi connectivity index (χ0) is 11.7. The first-order chi connectivity index (χ1) is 5.98. The van der Waals surface area contributed by atoms with E-state index in [9.17, 15) is 5.21 Å². The number of hydrogen-bond acceptors (Lipinski definition) is 2. The summed E-state index contributed by atoms with van der Waals surface area (Å²) in [6.45, 7) is 17.2. The molecule has 1 atom stereocenters. The molecule has 0 aromatic heterocycles. The van der Waals surface area contributed by atoms with Gasteiger partial charge < -0.3 is 5.21 Å². The number of hydroxylamine groups is 2. The molecular weight excluding hydrogens is 193 g/mol. The molecule has 0 amide bonds. The molecule has 3 heteroatoms. The van der Waals surface area contributed by atoms with Crippen molar-refractivity contribution in [3.63, 3.8) is 0 Å². The predicted octanol–water partition coefficient (Wildman–Crippen LogP) is 3.59. The maximum Gasteiger partial charge on any atom is 0.0595 e. The lowest BCUT2D eigenvalue weighted by Crippen LogP contribution is -2.50. The predicted molar refractivity (Wildman–Crippen MR) is 65.4 cm³/mol. The molecule has 0 aliphatic carbocycles. The van der Waals surface area contributed by atoms with E-state index >= 15 is 0 Å². The highest BCUT2D eigenvalue weighted by Gasteiger charge is 2.37. The molecule has 1 N–H and O–H groups in total. The molecule has 0 radical (unpaired) electrons. The molecule has 2 nitrogen and oxygen atoms in total. The summed E-state index contributed by atoms with van der Waals surface area (Å²) in [7, 11) is -0.180. The molecule has 0 aliphatic rings. The second-order valence-electron chi connectivity index (χ2n) is 6.22. The lowest BCUT2D eigenvalue weighted by Gasteiger charge is -2.45. The van der Waals surface area contributed by atoms with Gasteiger partial charge in [0.15, 0.2) is 0 Å². The van der Waals surface area contributed by atoms with Gasteiger partial charge in [0.2, 0.25) is 0 Å². The summed E-state index contributed by atoms with van der Waals surface area (Å²) in [6, 6.07) is 0. The third-order valence-electron chi connectivity index (χ3n) is 2.18. The Kier molecular flexibility index (Phi) is 4.58. The minimum Gasteiger partial charge on any atom is -0.313 e. The highest BCUT2D eigenvalue weighted by molar-refractivity contribution is 7.56. The van der Waals surface area contributed by atoms with Crippen LogP contribution in [0.1, 0.15) is 41.5 Å². The second kappa shape index (κ2) is 4.47. The summed E-state index contributed by atoms with van der Waals surface area (Å²) in [4.78, 5) is 0. The molecule has 0 aliphatic heterocycles. The van der Waals surface area contributed by atoms with Gasteiger partial charge in [-0.05, 0) is 39.5 Å². The number of rotatable bonds is 2. The van der Waals surface area contributed by atoms with Crippen LogP contribution in [0, 0.1) is 5.41 Å². The van der Waals surface area contributed by atoms with E-state index in [2.05, 4.69) is 34.1 Å². The van der Waals surface area contributed by atoms with Crippen molar-refractivity contribution in [2.24, 2.45) is 5.41 Å². The van der Waals surface area contributed by atoms with Crippen LogP contribution < -0.4 is 0 Å². The summed E-state index contributed by atoms with van der Waals surface area (Å²) >= 11 is 0. The van der Waals surface area contributed by atoms with Crippen LogP contribution >= 0.6 is 7.92 Å². The van der Waals surface area contributed by atoms with E-state index in [1.165, 1.54) is 0 Å². The zero-order valence-corrected chi connectivity index (χ0v) is 11.8. The van der Waals surface area contributed by atoms with Gasteiger partial charge in [0.25, 0.3) is 0 Å². The third kappa shape index (κ3) is 3.84. The molecule has 0 heterocycles. The van der Waals surface area contributed by atoms with Crippen molar-refractivity contribution < 1.29 is 5.21 Å². The van der Waals surface area contributed by atoms with E-state index in [-0.39, 0.29) is 24.7 Å². The third-order valence-corrected chi connectivity index (χ3v) is 4.15. The van der Waals surface area contributed by atoms with Crippen LogP contribution in [0.5, 0.6) is 0 Å². The maximum absolute atomic E-state index is 10.2. The fourth-order valence-electron chi connectivity index (χ4n) is 1.73. The first-order valence-electron chi connectivity index (χ1n) is 5.12. The highest BCUT2D eigenvalue weighted by atomic mass is 31.1. The highest BCUT2D eigenvalue weighted by Crippen LogP contribution is 2.46. The minimum atomic E-state index is -0.180. The van der Waals surface area contributed by atoms with Crippen molar-refractivity contribution in [1.82, 2.24) is 5.06 Å². The molecule has 86 valence electrons. The van der Waals surface area contributed by atoms with Gasteiger partial charge in [-0.2, -0.15) is 5.06 Å². The SMILES string of the molecule is CP(C)C(N(O)C(C)(C)C)C(C)(C)C. The van der Waals surface area contributed by atoms with Gasteiger partial charge in [0.1, 0.15) is 0 Å². The standard InChI is InChI=1S/C11H26NOP/c1-10(2,3)9(14(7)8)12(13)11(4,5)6/h9,13H,1-8H3. The summed E-state index contributed by atoms with van der Waals surface area (Å²) < 4.78 is 0. The van der Waals surface area contributed by atoms with Crippen molar-refractivity contribution in [3.05, 3.63) is 0 Å². The molecule has 0 spiro atoms. The van der Waals surface area contributed by atoms with Crippen molar-refractivity contribution in [2.75, 3.05) is 13.3 Å². The molecular formula is C11H26NOP. The first-order valence-corrected chi connectivity index (χ1v) is 7.43. The molecule has 0 saturated heterocycles. The van der Waals surface area contributed by atoms with E-state index in [0.29, 0.717) is 0 Å². The van der Waals surface area contributed by atoms with Crippen LogP contribution in [-0.2, 0) is 0 Å². The lowest BCUT2D eigenvalue weighted by molar-refractivity contribution is -0.184. The largest absolute Gasteiger partial charge is 0.313 e. The van der Waals surface area contributed by atoms with Gasteiger partial charge >= 0.3 is 0 Å². The Hall–Kier alpha value is 0.350. The monoisotopic (exact) mass is 219 g/mol. The smallest absolute Gasteiger partial charge is 0.0595 e. The van der Waals surface area contributed by atoms with Crippen molar-refractivity contribution in [1.29, 1.82) is 0 Å². The molecule has 0 bridgehead atoms. The quantitative estimate of drug-likeness (QED) is 0.566. The number of nitrogens with zero attached hydrogens (tertiary/aromatic N) is 1. The maximum atomic E-state index is 10.2. The normalized spacial score (nSPS) is 16.5. The van der Waals surface area contributed by atoms with Crippen LogP contribution in [0.4, 0.5) is 0 Å². The Morgan fingerprint density at radius 2 is 1.36 bits per heavy atom. The Morgan fingerprint density at radius 3 is 1.43 bits per heavy atom. The molecule has 1 unspecified atom stereocenters. The van der Waals surface area contributed by atoms with Crippen molar-refractivity contribution >= 4 is 7.92 Å². The van der Waals surface area contributed by atoms with E-state index in [4.69, 9.17) is 0 Å². The van der Waals surface area contributed by atoms with Gasteiger partial charge in [0.05, 0.1) is 5.78 Å². The molecule has 0 fully saturated rings. The molecule has 0 aromatic carbocycles. The van der Waals surface area contributed by atoms with Gasteiger partial charge in [-0.25, -0.2) is 0 Å². The molecule has 0 saturated carbocycles. The summed E-state index contributed by atoms with van der Waals surface area (Å²) in [5.74, 6) is 0.248. The zero-order valence-electron chi connectivity index (χ0n) is 10.9. The first kappa shape index (κ1) is 14.3. The van der Waals surface area contributed by atoms with Gasteiger partial charge in [-0.15, -0.1) is 0 Å². The summed E-state index contributed by atoms with van der Waals surface area (Å²) in [5.41, 5.74) is -0.0538. The topological polar surface area (TPSA) is 23.5 Å². The van der Waals surface area contributed by atoms with Gasteiger partial charge in [-0.1, -0.05) is 28.7 Å². The van der Waals surface area contributed by atoms with E-state index < -0.39 is 0 Å². The van der Waals surface area contributed by atoms with Crippen LogP contribution in [0.25, 0.3) is 0 Å². The fourth-order valence-corrected chi connectivity index (χ4v) is 4.06. The Morgan fingerprint density at radius 1 is 1.00 bits per heavy atom. The number of hydrogen-bond donors (Lipinski definition) is 1. The van der Waals surface area contributed by atoms with Gasteiger partial charge in [0, 0.05) is 5.54 Å². The Labute approximate surface area is 90.4 Å². The average molecular weight is 219 g/mol. The van der Waals surface area contributed by atoms with Crippen LogP contribution in [0.15, 0.2) is 0 Å². The molecule has 0 rings (SSSR count). The minimum absolute atomic E-state index is 0.122. The van der Waals surface area contributed by atoms with Crippen molar-refractivity contribution in [3.8, 4) is 0 Å². The Bertz CT molecular complexity index is 179. The van der Waals surface area contributed by atoms with E-state index in [1.807, 2.05) is 20.8 Å². The lowest BCUT2D eigenvalue weighted by atomic mass is 9.94. The molecule has 14 heavy (non-hydrogen) atoms. The second-order valence-corrected chi connectivity index (χ2v) is 8.64. The average Bonchev–Trinajstić information content (AvgIpc) is 1.79. The van der Waals surface area contributed by atoms with Crippen LogP contribution in [0.3, 0.4) is 0 Å². The molecule has 0 aromatic rings. The van der Waals surface area contributed by atoms with E-state index in [0.717, 1.165) is 0 Å². The van der Waals surface area contributed by atoms with Gasteiger partial charge in [-0.3, -0.25) is 0 Å². The van der Waals surface area contributed by atoms with Crippen LogP contribution in [0.2, 0.25) is 0 Å². The fraction of sp³-hybridized carbons (Fsp3) is 1.00. The van der Waals surface area contributed by atoms with E-state index in [1.54, 1.807) is 5.06 Å². The summed E-state index contributed by atoms with van der Waals surface area (Å²) in [6.07, 6.45) is 0. The Balaban J connectivity index is 4.86.